The first kappa shape index (κ1) is 22.2. The lowest BCUT2D eigenvalue weighted by Gasteiger charge is -2.40. The van der Waals surface area contributed by atoms with Crippen molar-refractivity contribution in [3.05, 3.63) is 48.7 Å². The lowest BCUT2D eigenvalue weighted by molar-refractivity contribution is 0.213. The second kappa shape index (κ2) is 10.1. The molecule has 0 radical (unpaired) electrons. The Hall–Kier alpha value is -3.01. The van der Waals surface area contributed by atoms with Crippen LogP contribution in [0.4, 0.5) is 22.2 Å². The van der Waals surface area contributed by atoms with Crippen LogP contribution in [-0.4, -0.2) is 57.7 Å². The minimum atomic E-state index is -0.295. The fourth-order valence-electron chi connectivity index (χ4n) is 3.36. The number of piperazine rings is 1. The zero-order valence-corrected chi connectivity index (χ0v) is 18.9. The number of nitrogens with zero attached hydrogens (tertiary/aromatic N) is 5. The van der Waals surface area contributed by atoms with E-state index in [1.807, 2.05) is 60.3 Å². The van der Waals surface area contributed by atoms with Crippen LogP contribution in [0.5, 0.6) is 0 Å². The summed E-state index contributed by atoms with van der Waals surface area (Å²) < 4.78 is 0. The molecule has 0 bridgehead atoms. The summed E-state index contributed by atoms with van der Waals surface area (Å²) in [6.07, 6.45) is 1.73. The molecule has 1 saturated heterocycles. The number of carbonyl (C=O) groups is 1. The number of anilines is 3. The lowest BCUT2D eigenvalue weighted by atomic mass is 10.2. The van der Waals surface area contributed by atoms with Crippen molar-refractivity contribution >= 4 is 46.1 Å². The highest BCUT2D eigenvalue weighted by molar-refractivity contribution is 6.20. The van der Waals surface area contributed by atoms with Gasteiger partial charge in [0.15, 0.2) is 5.65 Å². The van der Waals surface area contributed by atoms with Gasteiger partial charge in [0.1, 0.15) is 11.3 Å². The minimum absolute atomic E-state index is 0.256. The van der Waals surface area contributed by atoms with Crippen molar-refractivity contribution in [1.82, 2.24) is 30.6 Å². The fraction of sp³-hybridized carbons (Fsp3) is 0.364. The van der Waals surface area contributed by atoms with E-state index < -0.39 is 0 Å². The minimum Gasteiger partial charge on any atom is -0.338 e. The van der Waals surface area contributed by atoms with Crippen LogP contribution in [0.25, 0.3) is 11.0 Å². The summed E-state index contributed by atoms with van der Waals surface area (Å²) in [5.74, 6) is 1.25. The Bertz CT molecular complexity index is 1060. The molecule has 1 atom stereocenters. The van der Waals surface area contributed by atoms with Crippen LogP contribution in [-0.2, 0) is 0 Å². The van der Waals surface area contributed by atoms with Gasteiger partial charge < -0.3 is 10.6 Å². The van der Waals surface area contributed by atoms with Crippen molar-refractivity contribution in [3.63, 3.8) is 0 Å². The van der Waals surface area contributed by atoms with Crippen molar-refractivity contribution in [2.24, 2.45) is 5.92 Å². The van der Waals surface area contributed by atoms with E-state index in [1.165, 1.54) is 0 Å². The van der Waals surface area contributed by atoms with Crippen LogP contribution in [0.2, 0.25) is 0 Å². The molecule has 1 unspecified atom stereocenters. The Kier molecular flexibility index (Phi) is 6.99. The molecule has 3 N–H and O–H groups in total. The number of pyridine rings is 1. The van der Waals surface area contributed by atoms with Crippen LogP contribution in [0.15, 0.2) is 48.7 Å². The smallest absolute Gasteiger partial charge is 0.320 e. The van der Waals surface area contributed by atoms with E-state index in [9.17, 15) is 4.79 Å². The summed E-state index contributed by atoms with van der Waals surface area (Å²) in [4.78, 5) is 26.0. The monoisotopic (exact) mass is 454 g/mol. The standard InChI is InChI=1S/C22H27ClN8O/c1-15(2)12-26-22(32)28-19-9-8-16-13-25-21(29-20(16)27-19)31(17-6-4-3-5-7-17)30-11-10-24-14-18(30)23/h3-9,13,15,18,24H,10-12,14H2,1-2H3,(H2,25,26,27,28,29,32). The highest BCUT2D eigenvalue weighted by atomic mass is 35.5. The van der Waals surface area contributed by atoms with Gasteiger partial charge in [0.2, 0.25) is 5.95 Å². The number of alkyl halides is 1. The number of halogens is 1. The summed E-state index contributed by atoms with van der Waals surface area (Å²) in [6.45, 7) is 6.82. The first-order valence-corrected chi connectivity index (χ1v) is 11.1. The van der Waals surface area contributed by atoms with E-state index in [0.29, 0.717) is 43.0 Å². The molecule has 1 aliphatic heterocycles. The van der Waals surface area contributed by atoms with Crippen LogP contribution in [0.3, 0.4) is 0 Å². The van der Waals surface area contributed by atoms with Crippen LogP contribution >= 0.6 is 11.6 Å². The first-order valence-electron chi connectivity index (χ1n) is 10.7. The van der Waals surface area contributed by atoms with E-state index in [4.69, 9.17) is 16.6 Å². The fourth-order valence-corrected chi connectivity index (χ4v) is 3.66. The van der Waals surface area contributed by atoms with Crippen LogP contribution in [0, 0.1) is 5.92 Å². The molecular formula is C22H27ClN8O. The summed E-state index contributed by atoms with van der Waals surface area (Å²) >= 11 is 6.63. The van der Waals surface area contributed by atoms with Crippen molar-refractivity contribution in [3.8, 4) is 0 Å². The van der Waals surface area contributed by atoms with Gasteiger partial charge in [-0.3, -0.25) is 5.32 Å². The van der Waals surface area contributed by atoms with E-state index in [-0.39, 0.29) is 11.5 Å². The molecule has 2 amide bonds. The average Bonchev–Trinajstić information content (AvgIpc) is 2.80. The third-order valence-electron chi connectivity index (χ3n) is 4.94. The van der Waals surface area contributed by atoms with E-state index >= 15 is 0 Å². The highest BCUT2D eigenvalue weighted by Crippen LogP contribution is 2.28. The average molecular weight is 455 g/mol. The molecule has 3 aromatic rings. The molecule has 2 aromatic heterocycles. The Balaban J connectivity index is 1.65. The largest absolute Gasteiger partial charge is 0.338 e. The number of nitrogens with one attached hydrogen (secondary N) is 3. The van der Waals surface area contributed by atoms with Gasteiger partial charge in [0.25, 0.3) is 0 Å². The van der Waals surface area contributed by atoms with Crippen molar-refractivity contribution in [1.29, 1.82) is 0 Å². The quantitative estimate of drug-likeness (QED) is 0.388. The zero-order valence-electron chi connectivity index (χ0n) is 18.1. The molecule has 10 heteroatoms. The Morgan fingerprint density at radius 2 is 2.06 bits per heavy atom. The molecule has 1 aromatic carbocycles. The van der Waals surface area contributed by atoms with Crippen molar-refractivity contribution in [2.75, 3.05) is 36.5 Å². The Morgan fingerprint density at radius 3 is 2.81 bits per heavy atom. The lowest BCUT2D eigenvalue weighted by Crippen LogP contribution is -2.55. The molecule has 4 rings (SSSR count). The number of para-hydroxylation sites is 1. The van der Waals surface area contributed by atoms with Gasteiger partial charge in [0.05, 0.1) is 5.69 Å². The van der Waals surface area contributed by atoms with Gasteiger partial charge >= 0.3 is 6.03 Å². The van der Waals surface area contributed by atoms with Gasteiger partial charge in [-0.25, -0.2) is 19.8 Å². The Labute approximate surface area is 192 Å². The summed E-state index contributed by atoms with van der Waals surface area (Å²) in [5.41, 5.74) is 1.13. The van der Waals surface area contributed by atoms with Crippen LogP contribution < -0.4 is 21.0 Å². The van der Waals surface area contributed by atoms with Gasteiger partial charge in [-0.1, -0.05) is 32.0 Å². The SMILES string of the molecule is CC(C)CNC(=O)Nc1ccc2cnc(N(c3ccccc3)N3CCNCC3Cl)nc2n1. The first-order chi connectivity index (χ1) is 15.5. The molecule has 168 valence electrons. The predicted molar refractivity (Wildman–Crippen MR) is 127 cm³/mol. The van der Waals surface area contributed by atoms with Gasteiger partial charge in [-0.2, -0.15) is 9.99 Å². The number of hydrazine groups is 1. The third kappa shape index (κ3) is 5.24. The maximum Gasteiger partial charge on any atom is 0.320 e. The van der Waals surface area contributed by atoms with E-state index in [2.05, 4.69) is 25.9 Å². The number of rotatable bonds is 6. The van der Waals surface area contributed by atoms with Crippen LogP contribution in [0.1, 0.15) is 13.8 Å². The number of aromatic nitrogens is 3. The summed E-state index contributed by atoms with van der Waals surface area (Å²) in [7, 11) is 0. The number of benzene rings is 1. The number of fused-ring (bicyclic) bond motifs is 1. The number of carbonyl (C=O) groups excluding carboxylic acids is 1. The molecule has 0 saturated carbocycles. The summed E-state index contributed by atoms with van der Waals surface area (Å²) in [6, 6.07) is 13.1. The Morgan fingerprint density at radius 1 is 1.25 bits per heavy atom. The number of hydrogen-bond acceptors (Lipinski definition) is 7. The maximum atomic E-state index is 12.1. The van der Waals surface area contributed by atoms with Crippen molar-refractivity contribution < 1.29 is 4.79 Å². The zero-order chi connectivity index (χ0) is 22.5. The second-order valence-electron chi connectivity index (χ2n) is 7.96. The molecule has 0 aliphatic carbocycles. The maximum absolute atomic E-state index is 12.1. The molecule has 3 heterocycles. The van der Waals surface area contributed by atoms with Gasteiger partial charge in [0, 0.05) is 37.8 Å². The molecule has 1 fully saturated rings. The van der Waals surface area contributed by atoms with Gasteiger partial charge in [-0.15, -0.1) is 11.6 Å². The van der Waals surface area contributed by atoms with Gasteiger partial charge in [-0.05, 0) is 30.2 Å². The third-order valence-corrected chi connectivity index (χ3v) is 5.32. The molecule has 32 heavy (non-hydrogen) atoms. The highest BCUT2D eigenvalue weighted by Gasteiger charge is 2.29. The molecule has 1 aliphatic rings. The number of hydrogen-bond donors (Lipinski definition) is 3. The predicted octanol–water partition coefficient (Wildman–Crippen LogP) is 3.33. The number of amides is 2. The number of urea groups is 1. The molecule has 9 nitrogen and oxygen atoms in total. The van der Waals surface area contributed by atoms with Crippen molar-refractivity contribution in [2.45, 2.75) is 19.3 Å². The van der Waals surface area contributed by atoms with E-state index in [1.54, 1.807) is 12.3 Å². The normalized spacial score (nSPS) is 16.8. The molecular weight excluding hydrogens is 428 g/mol. The van der Waals surface area contributed by atoms with E-state index in [0.717, 1.165) is 17.6 Å². The molecule has 0 spiro atoms. The topological polar surface area (TPSA) is 98.3 Å². The second-order valence-corrected chi connectivity index (χ2v) is 8.46. The summed E-state index contributed by atoms with van der Waals surface area (Å²) in [5, 5.41) is 13.6.